The molecule has 0 N–H and O–H groups in total. The molecule has 3 aromatic carbocycles. The Labute approximate surface area is 200 Å². The summed E-state index contributed by atoms with van der Waals surface area (Å²) >= 11 is 0. The van der Waals surface area contributed by atoms with Crippen molar-refractivity contribution in [3.05, 3.63) is 103 Å². The quantitative estimate of drug-likeness (QED) is 0.285. The van der Waals surface area contributed by atoms with Crippen LogP contribution in [0.3, 0.4) is 0 Å². The number of imidazole rings is 1. The molecule has 0 fully saturated rings. The third kappa shape index (κ3) is 5.78. The van der Waals surface area contributed by atoms with Crippen molar-refractivity contribution in [1.82, 2.24) is 29.9 Å². The molecule has 0 aliphatic heterocycles. The Morgan fingerprint density at radius 2 is 1.44 bits per heavy atom. The van der Waals surface area contributed by atoms with E-state index in [2.05, 4.69) is 50.5 Å². The van der Waals surface area contributed by atoms with Gasteiger partial charge in [-0.2, -0.15) is 10.2 Å². The van der Waals surface area contributed by atoms with E-state index >= 15 is 0 Å². The van der Waals surface area contributed by atoms with Crippen LogP contribution in [0.15, 0.2) is 85.2 Å². The molecule has 0 bridgehead atoms. The summed E-state index contributed by atoms with van der Waals surface area (Å²) in [5.74, 6) is 1.97. The Morgan fingerprint density at radius 1 is 0.750 bits per heavy atom. The maximum atomic E-state index is 4.26. The van der Waals surface area contributed by atoms with Crippen LogP contribution in [-0.2, 0) is 27.2 Å². The van der Waals surface area contributed by atoms with E-state index in [9.17, 15) is 0 Å². The van der Waals surface area contributed by atoms with Gasteiger partial charge in [-0.15, -0.1) is 81.5 Å². The molecule has 7 heteroatoms. The Bertz CT molecular complexity index is 1180. The Kier molecular flexibility index (Phi) is 8.08. The fourth-order valence-corrected chi connectivity index (χ4v) is 2.91. The number of nitrogens with zero attached hydrogens (tertiary/aromatic N) is 6. The molecule has 32 heavy (non-hydrogen) atoms. The van der Waals surface area contributed by atoms with E-state index in [1.54, 1.807) is 6.20 Å². The summed E-state index contributed by atoms with van der Waals surface area (Å²) in [5, 5.41) is 16.3. The zero-order valence-corrected chi connectivity index (χ0v) is 20.0. The van der Waals surface area contributed by atoms with E-state index in [0.717, 1.165) is 22.5 Å². The van der Waals surface area contributed by atoms with Gasteiger partial charge in [0, 0.05) is 45.1 Å². The van der Waals surface area contributed by atoms with Gasteiger partial charge >= 0.3 is 0 Å². The number of aromatic nitrogens is 6. The molecule has 6 nitrogen and oxygen atoms in total. The van der Waals surface area contributed by atoms with Crippen molar-refractivity contribution in [3.8, 4) is 34.2 Å². The van der Waals surface area contributed by atoms with Crippen LogP contribution in [-0.4, -0.2) is 29.9 Å². The second kappa shape index (κ2) is 11.2. The number of rotatable bonds is 3. The molecular formula is C25H20IrN6-2. The van der Waals surface area contributed by atoms with Crippen molar-refractivity contribution in [1.29, 1.82) is 0 Å². The first kappa shape index (κ1) is 23.1. The smallest absolute Gasteiger partial charge is 0.201 e. The topological polar surface area (TPSA) is 69.4 Å². The standard InChI is InChI=1S/C14H9N4.C11H11N2.Ir/c1-3-7-11(8-4-1)13-15-17-14(18-16-13)12-9-5-2-6-10-12;1-9-4-3-5-10(8-9)11-12-6-7-13(11)2;/h1-9H;3-4,6-8H,1-2H3;/q2*-1;. The van der Waals surface area contributed by atoms with E-state index in [1.807, 2.05) is 84.5 Å². The Morgan fingerprint density at radius 3 is 2.06 bits per heavy atom. The van der Waals surface area contributed by atoms with E-state index in [-0.39, 0.29) is 20.1 Å². The molecule has 0 saturated carbocycles. The van der Waals surface area contributed by atoms with Gasteiger partial charge in [0.1, 0.15) is 5.82 Å². The van der Waals surface area contributed by atoms with Crippen molar-refractivity contribution in [2.75, 3.05) is 0 Å². The van der Waals surface area contributed by atoms with Gasteiger partial charge in [0.05, 0.1) is 5.82 Å². The maximum absolute atomic E-state index is 4.26. The molecule has 1 radical (unpaired) electrons. The molecule has 0 spiro atoms. The monoisotopic (exact) mass is 597 g/mol. The van der Waals surface area contributed by atoms with Crippen molar-refractivity contribution < 1.29 is 20.1 Å². The average molecular weight is 597 g/mol. The molecular weight excluding hydrogens is 577 g/mol. The molecule has 0 amide bonds. The largest absolute Gasteiger partial charge is 0.373 e. The molecule has 0 saturated heterocycles. The van der Waals surface area contributed by atoms with Gasteiger partial charge in [-0.25, -0.2) is 0 Å². The molecule has 0 unspecified atom stereocenters. The van der Waals surface area contributed by atoms with Crippen LogP contribution in [0, 0.1) is 19.1 Å². The first-order chi connectivity index (χ1) is 15.2. The van der Waals surface area contributed by atoms with Gasteiger partial charge in [-0.05, 0) is 0 Å². The predicted octanol–water partition coefficient (Wildman–Crippen LogP) is 4.59. The third-order valence-corrected chi connectivity index (χ3v) is 4.48. The van der Waals surface area contributed by atoms with Crippen LogP contribution >= 0.6 is 0 Å². The van der Waals surface area contributed by atoms with E-state index in [4.69, 9.17) is 0 Å². The van der Waals surface area contributed by atoms with Crippen molar-refractivity contribution in [2.24, 2.45) is 7.05 Å². The Hall–Kier alpha value is -3.54. The zero-order valence-electron chi connectivity index (χ0n) is 17.6. The molecule has 0 aliphatic rings. The molecule has 5 aromatic rings. The van der Waals surface area contributed by atoms with Crippen molar-refractivity contribution in [3.63, 3.8) is 0 Å². The second-order valence-electron chi connectivity index (χ2n) is 6.83. The van der Waals surface area contributed by atoms with Crippen molar-refractivity contribution in [2.45, 2.75) is 6.92 Å². The van der Waals surface area contributed by atoms with Gasteiger partial charge in [-0.1, -0.05) is 37.3 Å². The number of benzene rings is 3. The van der Waals surface area contributed by atoms with Gasteiger partial charge in [0.15, 0.2) is 0 Å². The first-order valence-corrected chi connectivity index (χ1v) is 9.76. The maximum Gasteiger partial charge on any atom is 0.201 e. The average Bonchev–Trinajstić information content (AvgIpc) is 3.27. The summed E-state index contributed by atoms with van der Waals surface area (Å²) in [4.78, 5) is 4.26. The van der Waals surface area contributed by atoms with Gasteiger partial charge in [0.25, 0.3) is 0 Å². The summed E-state index contributed by atoms with van der Waals surface area (Å²) in [6.45, 7) is 2.07. The minimum atomic E-state index is 0. The number of hydrogen-bond acceptors (Lipinski definition) is 5. The zero-order chi connectivity index (χ0) is 21.5. The van der Waals surface area contributed by atoms with Crippen LogP contribution in [0.1, 0.15) is 5.56 Å². The van der Waals surface area contributed by atoms with Crippen LogP contribution in [0.4, 0.5) is 0 Å². The summed E-state index contributed by atoms with van der Waals surface area (Å²) in [7, 11) is 1.98. The van der Waals surface area contributed by atoms with Crippen LogP contribution in [0.2, 0.25) is 0 Å². The second-order valence-corrected chi connectivity index (χ2v) is 6.83. The first-order valence-electron chi connectivity index (χ1n) is 9.76. The van der Waals surface area contributed by atoms with Crippen LogP contribution in [0.5, 0.6) is 0 Å². The Balaban J connectivity index is 0.000000184. The van der Waals surface area contributed by atoms with Crippen LogP contribution < -0.4 is 0 Å². The van der Waals surface area contributed by atoms with E-state index in [0.29, 0.717) is 11.6 Å². The number of hydrogen-bond donors (Lipinski definition) is 0. The minimum absolute atomic E-state index is 0. The molecule has 2 heterocycles. The van der Waals surface area contributed by atoms with E-state index in [1.165, 1.54) is 5.56 Å². The molecule has 2 aromatic heterocycles. The fourth-order valence-electron chi connectivity index (χ4n) is 2.91. The van der Waals surface area contributed by atoms with Crippen LogP contribution in [0.25, 0.3) is 34.2 Å². The van der Waals surface area contributed by atoms with Crippen molar-refractivity contribution >= 4 is 0 Å². The molecule has 0 aliphatic carbocycles. The number of aryl methyl sites for hydroxylation is 2. The molecule has 161 valence electrons. The van der Waals surface area contributed by atoms with Gasteiger partial charge in [0.2, 0.25) is 5.82 Å². The summed E-state index contributed by atoms with van der Waals surface area (Å²) in [5.41, 5.74) is 3.97. The summed E-state index contributed by atoms with van der Waals surface area (Å²) < 4.78 is 1.99. The predicted molar refractivity (Wildman–Crippen MR) is 120 cm³/mol. The van der Waals surface area contributed by atoms with E-state index < -0.39 is 0 Å². The summed E-state index contributed by atoms with van der Waals surface area (Å²) in [6.07, 6.45) is 3.73. The van der Waals surface area contributed by atoms with Gasteiger partial charge in [-0.3, -0.25) is 4.98 Å². The molecule has 0 atom stereocenters. The fraction of sp³-hybridized carbons (Fsp3) is 0.0800. The third-order valence-electron chi connectivity index (χ3n) is 4.48. The molecule has 5 rings (SSSR count). The SMILES string of the molecule is Cc1cc[c-]c(-c2nccn2C)c1.[Ir].[c-]1ccccc1-c1nnc(-c2ccccc2)nn1. The van der Waals surface area contributed by atoms with Gasteiger partial charge < -0.3 is 4.57 Å². The normalized spacial score (nSPS) is 9.94. The minimum Gasteiger partial charge on any atom is -0.373 e. The summed E-state index contributed by atoms with van der Waals surface area (Å²) in [6, 6.07) is 29.4.